The van der Waals surface area contributed by atoms with E-state index in [4.69, 9.17) is 21.6 Å². The van der Waals surface area contributed by atoms with Crippen LogP contribution in [0.25, 0.3) is 32.9 Å². The Morgan fingerprint density at radius 1 is 1.14 bits per heavy atom. The van der Waals surface area contributed by atoms with Gasteiger partial charge in [-0.25, -0.2) is 18.1 Å². The lowest BCUT2D eigenvalue weighted by Gasteiger charge is -2.40. The van der Waals surface area contributed by atoms with Gasteiger partial charge >= 0.3 is 18.1 Å². The molecule has 2 atom stereocenters. The van der Waals surface area contributed by atoms with Crippen molar-refractivity contribution in [2.45, 2.75) is 38.8 Å². The average molecular weight is 711 g/mol. The third-order valence-corrected chi connectivity index (χ3v) is 9.62. The quantitative estimate of drug-likeness (QED) is 0.0974. The number of ether oxygens (including phenoxy) is 2. The van der Waals surface area contributed by atoms with Crippen molar-refractivity contribution in [2.75, 3.05) is 50.0 Å². The molecule has 0 amide bonds. The number of aromatic nitrogens is 3. The van der Waals surface area contributed by atoms with Crippen LogP contribution in [-0.2, 0) is 4.74 Å². The van der Waals surface area contributed by atoms with Crippen molar-refractivity contribution in [3.05, 3.63) is 59.6 Å². The van der Waals surface area contributed by atoms with Gasteiger partial charge in [-0.1, -0.05) is 18.9 Å². The van der Waals surface area contributed by atoms with Crippen molar-refractivity contribution < 1.29 is 48.2 Å². The molecule has 2 fully saturated rings. The molecule has 4 aromatic rings. The lowest BCUT2D eigenvalue weighted by molar-refractivity contribution is -0.394. The summed E-state index contributed by atoms with van der Waals surface area (Å²) in [6, 6.07) is 4.89. The highest BCUT2D eigenvalue weighted by Crippen LogP contribution is 2.46. The number of nitrogens with two attached hydrogens (primary N) is 1. The summed E-state index contributed by atoms with van der Waals surface area (Å²) in [6.07, 6.45) is 3.25. The monoisotopic (exact) mass is 710 g/mol. The highest BCUT2D eigenvalue weighted by Gasteiger charge is 2.54. The molecule has 51 heavy (non-hydrogen) atoms. The topological polar surface area (TPSA) is 191 Å². The third kappa shape index (κ3) is 6.65. The van der Waals surface area contributed by atoms with Gasteiger partial charge in [-0.05, 0) is 54.8 Å². The maximum Gasteiger partial charge on any atom is 0.345 e. The van der Waals surface area contributed by atoms with Crippen LogP contribution in [0.2, 0.25) is 0 Å². The normalized spacial score (nSPS) is 21.9. The van der Waals surface area contributed by atoms with E-state index in [1.54, 1.807) is 11.0 Å². The van der Waals surface area contributed by atoms with Gasteiger partial charge in [0.25, 0.3) is 0 Å². The number of nitrogen functional groups attached to an aromatic ring is 1. The number of aliphatic hydroxyl groups is 5. The zero-order valence-electron chi connectivity index (χ0n) is 27.8. The standard InChI is InChI=1S/C35H37F3N6O7/c1-4-23-26(37)6-5-20-13-22(39)14-24(27(20)23)29-28(38)30-25(16-40-29)31(43-11-12-50-18-19(2)17-43)42-32(41-30)51-34(45,46)33(3)8-10-44(35(47,48)49)9-7-21(33)15-36/h1,5-6,13-16,19,45-49H,7-12,17-18,39H2,2-3H3/b21-15+/t19?,33-/m0/s1. The Hall–Kier alpha value is -4.60. The molecule has 6 rings (SSSR count). The number of likely N-dealkylation sites (tertiary alicyclic amines) is 1. The SMILES string of the molecule is C#Cc1c(F)ccc2cc(N)cc(-c3ncc4c(N5CCOCC(C)C5)nc(OC(O)(O)[C@@]5(C)CCN(C(O)(O)O)CC/C5=C\F)nc4c3F)c12. The largest absolute Gasteiger partial charge is 0.405 e. The lowest BCUT2D eigenvalue weighted by Crippen LogP contribution is -2.54. The van der Waals surface area contributed by atoms with Crippen LogP contribution in [0.1, 0.15) is 32.3 Å². The maximum atomic E-state index is 16.9. The van der Waals surface area contributed by atoms with E-state index >= 15 is 4.39 Å². The first-order valence-corrected chi connectivity index (χ1v) is 16.1. The van der Waals surface area contributed by atoms with E-state index in [0.29, 0.717) is 31.7 Å². The summed E-state index contributed by atoms with van der Waals surface area (Å²) in [4.78, 5) is 15.7. The molecule has 7 N–H and O–H groups in total. The number of halogens is 3. The smallest absolute Gasteiger partial charge is 0.345 e. The molecule has 0 spiro atoms. The molecule has 2 aromatic heterocycles. The molecule has 13 nitrogen and oxygen atoms in total. The van der Waals surface area contributed by atoms with Crippen molar-refractivity contribution in [2.24, 2.45) is 11.3 Å². The fourth-order valence-corrected chi connectivity index (χ4v) is 6.71. The fourth-order valence-electron chi connectivity index (χ4n) is 6.71. The first kappa shape index (κ1) is 36.2. The second-order valence-corrected chi connectivity index (χ2v) is 13.1. The lowest BCUT2D eigenvalue weighted by atomic mass is 9.76. The number of hydrogen-bond donors (Lipinski definition) is 6. The van der Waals surface area contributed by atoms with E-state index in [-0.39, 0.29) is 88.4 Å². The number of anilines is 2. The summed E-state index contributed by atoms with van der Waals surface area (Å²) in [5, 5.41) is 52.9. The van der Waals surface area contributed by atoms with Crippen LogP contribution in [-0.4, -0.2) is 96.8 Å². The third-order valence-electron chi connectivity index (χ3n) is 9.62. The molecule has 2 aromatic carbocycles. The van der Waals surface area contributed by atoms with Gasteiger partial charge in [-0.3, -0.25) is 4.98 Å². The number of pyridine rings is 1. The summed E-state index contributed by atoms with van der Waals surface area (Å²) in [6.45, 7) is 4.05. The zero-order valence-corrected chi connectivity index (χ0v) is 27.8. The molecule has 0 bridgehead atoms. The van der Waals surface area contributed by atoms with Gasteiger partial charge in [0.1, 0.15) is 22.8 Å². The van der Waals surface area contributed by atoms with E-state index in [2.05, 4.69) is 20.9 Å². The number of rotatable bonds is 6. The Morgan fingerprint density at radius 2 is 1.90 bits per heavy atom. The number of terminal acetylenes is 1. The molecule has 0 saturated carbocycles. The maximum absolute atomic E-state index is 16.9. The van der Waals surface area contributed by atoms with Crippen molar-refractivity contribution in [3.8, 4) is 29.6 Å². The highest BCUT2D eigenvalue weighted by molar-refractivity contribution is 6.03. The van der Waals surface area contributed by atoms with Gasteiger partial charge in [0.2, 0.25) is 0 Å². The minimum atomic E-state index is -3.26. The molecule has 2 aliphatic rings. The number of benzene rings is 2. The van der Waals surface area contributed by atoms with E-state index in [1.807, 2.05) is 6.92 Å². The minimum absolute atomic E-state index is 0.00580. The second kappa shape index (κ2) is 13.5. The number of nitrogens with zero attached hydrogens (tertiary/aromatic N) is 5. The Labute approximate surface area is 290 Å². The van der Waals surface area contributed by atoms with Crippen molar-refractivity contribution in [1.82, 2.24) is 19.9 Å². The molecule has 0 radical (unpaired) electrons. The summed E-state index contributed by atoms with van der Waals surface area (Å²) in [5.74, 6) is -2.54. The summed E-state index contributed by atoms with van der Waals surface area (Å²) in [7, 11) is 0. The van der Waals surface area contributed by atoms with Crippen LogP contribution in [0, 0.1) is 35.3 Å². The molecule has 2 aliphatic heterocycles. The molecule has 16 heteroatoms. The molecule has 270 valence electrons. The molecule has 4 heterocycles. The Kier molecular flexibility index (Phi) is 9.59. The van der Waals surface area contributed by atoms with E-state index in [9.17, 15) is 34.3 Å². The zero-order chi connectivity index (χ0) is 36.9. The minimum Gasteiger partial charge on any atom is -0.405 e. The predicted molar refractivity (Wildman–Crippen MR) is 180 cm³/mol. The van der Waals surface area contributed by atoms with E-state index in [1.165, 1.54) is 31.3 Å². The van der Waals surface area contributed by atoms with Crippen LogP contribution in [0.15, 0.2) is 42.4 Å². The van der Waals surface area contributed by atoms with E-state index in [0.717, 1.165) is 4.90 Å². The first-order valence-electron chi connectivity index (χ1n) is 16.1. The Balaban J connectivity index is 1.53. The van der Waals surface area contributed by atoms with Crippen molar-refractivity contribution >= 4 is 33.2 Å². The van der Waals surface area contributed by atoms with Crippen LogP contribution in [0.4, 0.5) is 24.7 Å². The van der Waals surface area contributed by atoms with Crippen LogP contribution >= 0.6 is 0 Å². The van der Waals surface area contributed by atoms with Crippen LogP contribution in [0.5, 0.6) is 6.01 Å². The molecular formula is C35H37F3N6O7. The molecule has 1 unspecified atom stereocenters. The van der Waals surface area contributed by atoms with Crippen molar-refractivity contribution in [3.63, 3.8) is 0 Å². The van der Waals surface area contributed by atoms with Gasteiger partial charge in [0.15, 0.2) is 5.82 Å². The fraction of sp³-hybridized carbons (Fsp3) is 0.400. The Morgan fingerprint density at radius 3 is 2.61 bits per heavy atom. The summed E-state index contributed by atoms with van der Waals surface area (Å²) < 4.78 is 57.4. The molecule has 2 saturated heterocycles. The predicted octanol–water partition coefficient (Wildman–Crippen LogP) is 2.72. The summed E-state index contributed by atoms with van der Waals surface area (Å²) in [5.41, 5.74) is 3.52. The second-order valence-electron chi connectivity index (χ2n) is 13.1. The summed E-state index contributed by atoms with van der Waals surface area (Å²) >= 11 is 0. The van der Waals surface area contributed by atoms with Crippen LogP contribution in [0.3, 0.4) is 0 Å². The van der Waals surface area contributed by atoms with Gasteiger partial charge in [0.05, 0.1) is 35.9 Å². The van der Waals surface area contributed by atoms with Gasteiger partial charge in [-0.2, -0.15) is 9.97 Å². The molecular weight excluding hydrogens is 673 g/mol. The van der Waals surface area contributed by atoms with Crippen LogP contribution < -0.4 is 15.4 Å². The highest BCUT2D eigenvalue weighted by atomic mass is 19.1. The van der Waals surface area contributed by atoms with Crippen molar-refractivity contribution in [1.29, 1.82) is 0 Å². The average Bonchev–Trinajstić information content (AvgIpc) is 3.40. The van der Waals surface area contributed by atoms with Gasteiger partial charge < -0.3 is 45.6 Å². The Bertz CT molecular complexity index is 2070. The number of hydrogen-bond acceptors (Lipinski definition) is 13. The van der Waals surface area contributed by atoms with Gasteiger partial charge in [-0.15, -0.1) is 6.42 Å². The molecule has 0 aliphatic carbocycles. The van der Waals surface area contributed by atoms with E-state index < -0.39 is 35.1 Å². The number of fused-ring (bicyclic) bond motifs is 2. The first-order chi connectivity index (χ1) is 24.1. The van der Waals surface area contributed by atoms with Gasteiger partial charge in [0, 0.05) is 49.0 Å².